The molecule has 0 aliphatic heterocycles. The summed E-state index contributed by atoms with van der Waals surface area (Å²) in [4.78, 5) is 0. The molecule has 23 heavy (non-hydrogen) atoms. The van der Waals surface area contributed by atoms with Crippen molar-refractivity contribution in [3.8, 4) is 0 Å². The van der Waals surface area contributed by atoms with Crippen LogP contribution in [0.2, 0.25) is 0 Å². The van der Waals surface area contributed by atoms with Crippen molar-refractivity contribution in [1.29, 1.82) is 0 Å². The number of ether oxygens (including phenoxy) is 1. The van der Waals surface area contributed by atoms with E-state index in [0.717, 1.165) is 6.61 Å². The van der Waals surface area contributed by atoms with Gasteiger partial charge in [-0.05, 0) is 20.3 Å². The van der Waals surface area contributed by atoms with E-state index in [1.54, 1.807) is 0 Å². The van der Waals surface area contributed by atoms with Gasteiger partial charge in [0.2, 0.25) is 0 Å². The first kappa shape index (κ1) is 28.6. The van der Waals surface area contributed by atoms with E-state index < -0.39 is 10.4 Å². The number of hydrogen-bond donors (Lipinski definition) is 2. The van der Waals surface area contributed by atoms with Gasteiger partial charge in [0, 0.05) is 6.61 Å². The van der Waals surface area contributed by atoms with Crippen molar-refractivity contribution in [2.75, 3.05) is 6.61 Å². The van der Waals surface area contributed by atoms with E-state index in [1.807, 2.05) is 0 Å². The van der Waals surface area contributed by atoms with Crippen LogP contribution in [-0.4, -0.2) is 30.2 Å². The molecule has 0 amide bonds. The molecule has 5 nitrogen and oxygen atoms in total. The maximum atomic E-state index is 8.74. The molecule has 0 aromatic carbocycles. The van der Waals surface area contributed by atoms with Crippen molar-refractivity contribution >= 4 is 10.4 Å². The van der Waals surface area contributed by atoms with Crippen LogP contribution in [0.5, 0.6) is 0 Å². The minimum absolute atomic E-state index is 0. The van der Waals surface area contributed by atoms with Gasteiger partial charge in [-0.15, -0.1) is 0 Å². The molecular formula is C16H37NaO5S. The Morgan fingerprint density at radius 3 is 1.57 bits per heavy atom. The molecule has 0 bridgehead atoms. The quantitative estimate of drug-likeness (QED) is 0.297. The van der Waals surface area contributed by atoms with E-state index >= 15 is 0 Å². The predicted octanol–water partition coefficient (Wildman–Crippen LogP) is 2.19. The van der Waals surface area contributed by atoms with Crippen molar-refractivity contribution < 1.29 is 53.2 Å². The third-order valence-electron chi connectivity index (χ3n) is 3.42. The molecule has 0 aliphatic rings. The van der Waals surface area contributed by atoms with E-state index in [1.165, 1.54) is 70.6 Å². The molecule has 0 heterocycles. The Labute approximate surface area is 167 Å². The fraction of sp³-hybridized carbons (Fsp3) is 1.00. The van der Waals surface area contributed by atoms with Crippen molar-refractivity contribution in [3.63, 3.8) is 0 Å². The fourth-order valence-electron chi connectivity index (χ4n) is 2.29. The summed E-state index contributed by atoms with van der Waals surface area (Å²) in [5.41, 5.74) is 0. The van der Waals surface area contributed by atoms with Crippen LogP contribution in [0.4, 0.5) is 0 Å². The molecule has 0 rings (SSSR count). The number of rotatable bonds is 13. The van der Waals surface area contributed by atoms with E-state index in [0.29, 0.717) is 6.10 Å². The molecule has 0 spiro atoms. The molecule has 0 saturated heterocycles. The van der Waals surface area contributed by atoms with Crippen LogP contribution in [0.25, 0.3) is 0 Å². The Balaban J connectivity index is -0.000000250. The van der Waals surface area contributed by atoms with Crippen LogP contribution >= 0.6 is 0 Å². The second-order valence-electron chi connectivity index (χ2n) is 5.68. The van der Waals surface area contributed by atoms with Gasteiger partial charge in [0.15, 0.2) is 0 Å². The van der Waals surface area contributed by atoms with Crippen molar-refractivity contribution in [2.45, 2.75) is 97.5 Å². The van der Waals surface area contributed by atoms with Gasteiger partial charge in [-0.3, -0.25) is 9.11 Å². The van der Waals surface area contributed by atoms with Gasteiger partial charge in [0.05, 0.1) is 6.10 Å². The van der Waals surface area contributed by atoms with Crippen molar-refractivity contribution in [1.82, 2.24) is 0 Å². The molecule has 1 unspecified atom stereocenters. The second-order valence-corrected chi connectivity index (χ2v) is 6.58. The molecule has 0 saturated carbocycles. The van der Waals surface area contributed by atoms with Crippen LogP contribution < -0.4 is 29.6 Å². The molecule has 0 fully saturated rings. The zero-order valence-electron chi connectivity index (χ0n) is 16.6. The molecule has 0 radical (unpaired) electrons. The summed E-state index contributed by atoms with van der Waals surface area (Å²) in [6, 6.07) is 0. The first-order valence-electron chi connectivity index (χ1n) is 8.62. The van der Waals surface area contributed by atoms with Crippen LogP contribution in [0, 0.1) is 0 Å². The summed E-state index contributed by atoms with van der Waals surface area (Å²) in [6.07, 6.45) is 15.9. The number of hydrogen-bond acceptors (Lipinski definition) is 3. The summed E-state index contributed by atoms with van der Waals surface area (Å²) in [6.45, 7) is 7.41. The minimum atomic E-state index is -4.67. The second kappa shape index (κ2) is 20.9. The maximum Gasteiger partial charge on any atom is 1.00 e. The van der Waals surface area contributed by atoms with Gasteiger partial charge in [-0.1, -0.05) is 71.1 Å². The average molecular weight is 365 g/mol. The van der Waals surface area contributed by atoms with Crippen molar-refractivity contribution in [3.05, 3.63) is 0 Å². The minimum Gasteiger partial charge on any atom is -1.00 e. The van der Waals surface area contributed by atoms with Crippen LogP contribution in [0.3, 0.4) is 0 Å². The zero-order valence-corrected chi connectivity index (χ0v) is 18.4. The Morgan fingerprint density at radius 1 is 0.870 bits per heavy atom. The van der Waals surface area contributed by atoms with Gasteiger partial charge in [-0.25, -0.2) is 0 Å². The Hall–Kier alpha value is 0.830. The molecule has 138 valence electrons. The smallest absolute Gasteiger partial charge is 1.00 e. The number of unbranched alkanes of at least 4 members (excludes halogenated alkanes) is 9. The zero-order chi connectivity index (χ0) is 17.3. The van der Waals surface area contributed by atoms with Crippen LogP contribution in [-0.2, 0) is 15.1 Å². The summed E-state index contributed by atoms with van der Waals surface area (Å²) >= 11 is 0. The van der Waals surface area contributed by atoms with Gasteiger partial charge < -0.3 is 6.16 Å². The predicted molar refractivity (Wildman–Crippen MR) is 92.8 cm³/mol. The van der Waals surface area contributed by atoms with Gasteiger partial charge in [0.1, 0.15) is 0 Å². The molecule has 0 aromatic heterocycles. The van der Waals surface area contributed by atoms with Crippen LogP contribution in [0.15, 0.2) is 0 Å². The standard InChI is InChI=1S/C16H34O.Na.H2O4S.H/c1-4-6-7-8-9-10-11-12-13-14-15-16(3)17-5-2;;1-5(2,3)4;/h16H,4-15H2,1-3H3;;(H2,1,2,3,4);/q;+1;;-1. The normalized spacial score (nSPS) is 12.0. The monoisotopic (exact) mass is 364 g/mol. The summed E-state index contributed by atoms with van der Waals surface area (Å²) in [5, 5.41) is 0. The summed E-state index contributed by atoms with van der Waals surface area (Å²) in [5.74, 6) is 0. The average Bonchev–Trinajstić information content (AvgIpc) is 2.39. The SMILES string of the molecule is CCCCCCCCCCCCC(C)OCC.O=S(=O)(O)O.[H-].[Na+]. The first-order valence-corrected chi connectivity index (χ1v) is 10.0. The molecule has 2 N–H and O–H groups in total. The third kappa shape index (κ3) is 39.5. The summed E-state index contributed by atoms with van der Waals surface area (Å²) in [7, 11) is -4.67. The summed E-state index contributed by atoms with van der Waals surface area (Å²) < 4.78 is 37.1. The largest absolute Gasteiger partial charge is 1.00 e. The van der Waals surface area contributed by atoms with Gasteiger partial charge >= 0.3 is 40.0 Å². The third-order valence-corrected chi connectivity index (χ3v) is 3.42. The van der Waals surface area contributed by atoms with E-state index in [2.05, 4.69) is 20.8 Å². The maximum absolute atomic E-state index is 8.74. The molecule has 0 aromatic rings. The molecule has 7 heteroatoms. The van der Waals surface area contributed by atoms with Crippen molar-refractivity contribution in [2.24, 2.45) is 0 Å². The molecule has 0 aliphatic carbocycles. The van der Waals surface area contributed by atoms with E-state index in [4.69, 9.17) is 22.3 Å². The van der Waals surface area contributed by atoms with E-state index in [-0.39, 0.29) is 31.0 Å². The molecular weight excluding hydrogens is 327 g/mol. The van der Waals surface area contributed by atoms with Gasteiger partial charge in [-0.2, -0.15) is 8.42 Å². The fourth-order valence-corrected chi connectivity index (χ4v) is 2.29. The molecule has 1 atom stereocenters. The topological polar surface area (TPSA) is 83.8 Å². The Bertz CT molecular complexity index is 308. The Morgan fingerprint density at radius 2 is 1.22 bits per heavy atom. The first-order chi connectivity index (χ1) is 10.3. The van der Waals surface area contributed by atoms with E-state index in [9.17, 15) is 0 Å². The Kier molecular flexibility index (Phi) is 26.0. The van der Waals surface area contributed by atoms with Crippen LogP contribution in [0.1, 0.15) is 92.8 Å². The van der Waals surface area contributed by atoms with Gasteiger partial charge in [0.25, 0.3) is 0 Å².